The Morgan fingerprint density at radius 1 is 1.41 bits per heavy atom. The molecule has 1 aliphatic carbocycles. The Hall–Kier alpha value is -2.04. The summed E-state index contributed by atoms with van der Waals surface area (Å²) in [6, 6.07) is 4.15. The van der Waals surface area contributed by atoms with Crippen LogP contribution in [-0.4, -0.2) is 35.0 Å². The standard InChI is InChI=1S/C17H25N5/c1-3-18-17(20-11-14-6-7-14)19-9-8-15-12-22-10-4-5-13(2)16(22)21-15/h4-5,10,12,14H,3,6-9,11H2,1-2H3,(H2,18,19,20). The lowest BCUT2D eigenvalue weighted by molar-refractivity contribution is 0.772. The zero-order valence-electron chi connectivity index (χ0n) is 13.5. The van der Waals surface area contributed by atoms with Crippen LogP contribution in [0.5, 0.6) is 0 Å². The summed E-state index contributed by atoms with van der Waals surface area (Å²) in [6.45, 7) is 6.88. The molecule has 2 aromatic rings. The van der Waals surface area contributed by atoms with Crippen molar-refractivity contribution >= 4 is 11.6 Å². The summed E-state index contributed by atoms with van der Waals surface area (Å²) < 4.78 is 2.09. The van der Waals surface area contributed by atoms with E-state index in [0.29, 0.717) is 0 Å². The maximum absolute atomic E-state index is 4.70. The van der Waals surface area contributed by atoms with Crippen molar-refractivity contribution in [1.29, 1.82) is 0 Å². The predicted octanol–water partition coefficient (Wildman–Crippen LogP) is 2.15. The predicted molar refractivity (Wildman–Crippen MR) is 90.3 cm³/mol. The second-order valence-electron chi connectivity index (χ2n) is 5.99. The van der Waals surface area contributed by atoms with Crippen LogP contribution >= 0.6 is 0 Å². The van der Waals surface area contributed by atoms with Gasteiger partial charge in [-0.25, -0.2) is 4.98 Å². The number of hydrogen-bond donors (Lipinski definition) is 2. The zero-order chi connectivity index (χ0) is 15.4. The normalized spacial score (nSPS) is 15.3. The highest BCUT2D eigenvalue weighted by molar-refractivity contribution is 5.79. The number of nitrogens with zero attached hydrogens (tertiary/aromatic N) is 3. The van der Waals surface area contributed by atoms with E-state index >= 15 is 0 Å². The molecule has 118 valence electrons. The molecule has 0 amide bonds. The van der Waals surface area contributed by atoms with E-state index in [2.05, 4.69) is 52.2 Å². The van der Waals surface area contributed by atoms with Gasteiger partial charge in [-0.2, -0.15) is 0 Å². The highest BCUT2D eigenvalue weighted by Crippen LogP contribution is 2.28. The molecule has 0 aromatic carbocycles. The summed E-state index contributed by atoms with van der Waals surface area (Å²) >= 11 is 0. The molecule has 1 fully saturated rings. The zero-order valence-corrected chi connectivity index (χ0v) is 13.5. The van der Waals surface area contributed by atoms with Gasteiger partial charge in [0.25, 0.3) is 0 Å². The number of hydrogen-bond acceptors (Lipinski definition) is 2. The van der Waals surface area contributed by atoms with E-state index in [1.165, 1.54) is 18.4 Å². The van der Waals surface area contributed by atoms with Crippen molar-refractivity contribution in [3.63, 3.8) is 0 Å². The Morgan fingerprint density at radius 3 is 3.00 bits per heavy atom. The first-order valence-electron chi connectivity index (χ1n) is 8.21. The molecule has 2 heterocycles. The number of pyridine rings is 1. The maximum Gasteiger partial charge on any atom is 0.191 e. The van der Waals surface area contributed by atoms with Gasteiger partial charge in [0, 0.05) is 38.4 Å². The van der Waals surface area contributed by atoms with Gasteiger partial charge in [0.2, 0.25) is 0 Å². The van der Waals surface area contributed by atoms with Gasteiger partial charge in [-0.15, -0.1) is 0 Å². The van der Waals surface area contributed by atoms with Crippen molar-refractivity contribution in [2.45, 2.75) is 33.1 Å². The molecule has 2 N–H and O–H groups in total. The minimum atomic E-state index is 0.817. The third-order valence-electron chi connectivity index (χ3n) is 3.95. The topological polar surface area (TPSA) is 53.7 Å². The van der Waals surface area contributed by atoms with Crippen LogP contribution in [0.25, 0.3) is 5.65 Å². The van der Waals surface area contributed by atoms with Gasteiger partial charge in [-0.1, -0.05) is 6.07 Å². The molecule has 3 rings (SSSR count). The molecule has 1 aliphatic rings. The molecule has 22 heavy (non-hydrogen) atoms. The van der Waals surface area contributed by atoms with E-state index in [1.54, 1.807) is 0 Å². The van der Waals surface area contributed by atoms with Crippen LogP contribution < -0.4 is 10.6 Å². The average molecular weight is 299 g/mol. The van der Waals surface area contributed by atoms with Crippen LogP contribution in [0, 0.1) is 12.8 Å². The molecular weight excluding hydrogens is 274 g/mol. The highest BCUT2D eigenvalue weighted by Gasteiger charge is 2.20. The first kappa shape index (κ1) is 14.9. The fourth-order valence-electron chi connectivity index (χ4n) is 2.50. The molecule has 0 unspecified atom stereocenters. The SMILES string of the molecule is CCNC(=NCC1CC1)NCCc1cn2cccc(C)c2n1. The van der Waals surface area contributed by atoms with Crippen LogP contribution in [0.3, 0.4) is 0 Å². The monoisotopic (exact) mass is 299 g/mol. The summed E-state index contributed by atoms with van der Waals surface area (Å²) in [5, 5.41) is 6.70. The lowest BCUT2D eigenvalue weighted by atomic mass is 10.3. The number of nitrogens with one attached hydrogen (secondary N) is 2. The van der Waals surface area contributed by atoms with Crippen molar-refractivity contribution in [1.82, 2.24) is 20.0 Å². The quantitative estimate of drug-likeness (QED) is 0.635. The van der Waals surface area contributed by atoms with Crippen LogP contribution in [0.2, 0.25) is 0 Å². The van der Waals surface area contributed by atoms with E-state index in [1.807, 2.05) is 6.20 Å². The minimum absolute atomic E-state index is 0.817. The summed E-state index contributed by atoms with van der Waals surface area (Å²) in [5.74, 6) is 1.74. The molecule has 0 spiro atoms. The Morgan fingerprint density at radius 2 is 2.27 bits per heavy atom. The average Bonchev–Trinajstić information content (AvgIpc) is 3.24. The number of rotatable bonds is 6. The lowest BCUT2D eigenvalue weighted by Gasteiger charge is -2.10. The fraction of sp³-hybridized carbons (Fsp3) is 0.529. The number of aliphatic imine (C=N–C) groups is 1. The van der Waals surface area contributed by atoms with Crippen molar-refractivity contribution in [2.24, 2.45) is 10.9 Å². The van der Waals surface area contributed by atoms with Crippen molar-refractivity contribution in [3.05, 3.63) is 35.8 Å². The Balaban J connectivity index is 1.55. The van der Waals surface area contributed by atoms with Gasteiger partial charge < -0.3 is 15.0 Å². The summed E-state index contributed by atoms with van der Waals surface area (Å²) in [6.07, 6.45) is 7.73. The molecular formula is C17H25N5. The van der Waals surface area contributed by atoms with Crippen LogP contribution in [-0.2, 0) is 6.42 Å². The van der Waals surface area contributed by atoms with Crippen molar-refractivity contribution < 1.29 is 0 Å². The van der Waals surface area contributed by atoms with Gasteiger partial charge in [-0.05, 0) is 44.2 Å². The molecule has 2 aromatic heterocycles. The summed E-state index contributed by atoms with van der Waals surface area (Å²) in [4.78, 5) is 9.33. The minimum Gasteiger partial charge on any atom is -0.357 e. The first-order valence-corrected chi connectivity index (χ1v) is 8.21. The van der Waals surface area contributed by atoms with Crippen molar-refractivity contribution in [2.75, 3.05) is 19.6 Å². The highest BCUT2D eigenvalue weighted by atomic mass is 15.2. The van der Waals surface area contributed by atoms with E-state index in [-0.39, 0.29) is 0 Å². The van der Waals surface area contributed by atoms with Gasteiger partial charge in [-0.3, -0.25) is 4.99 Å². The van der Waals surface area contributed by atoms with E-state index in [0.717, 1.165) is 49.3 Å². The number of aromatic nitrogens is 2. The Bertz CT molecular complexity index is 654. The van der Waals surface area contributed by atoms with E-state index in [4.69, 9.17) is 4.98 Å². The number of aryl methyl sites for hydroxylation is 1. The van der Waals surface area contributed by atoms with Gasteiger partial charge in [0.05, 0.1) is 5.69 Å². The molecule has 0 atom stereocenters. The van der Waals surface area contributed by atoms with Crippen LogP contribution in [0.1, 0.15) is 31.0 Å². The third-order valence-corrected chi connectivity index (χ3v) is 3.95. The molecule has 1 saturated carbocycles. The van der Waals surface area contributed by atoms with Gasteiger partial charge >= 0.3 is 0 Å². The largest absolute Gasteiger partial charge is 0.357 e. The smallest absolute Gasteiger partial charge is 0.191 e. The van der Waals surface area contributed by atoms with Crippen LogP contribution in [0.15, 0.2) is 29.5 Å². The molecule has 0 saturated heterocycles. The first-order chi connectivity index (χ1) is 10.8. The molecule has 0 radical (unpaired) electrons. The number of guanidine groups is 1. The second-order valence-corrected chi connectivity index (χ2v) is 5.99. The van der Waals surface area contributed by atoms with Crippen LogP contribution in [0.4, 0.5) is 0 Å². The Labute approximate surface area is 131 Å². The Kier molecular flexibility index (Phi) is 4.61. The number of imidazole rings is 1. The summed E-state index contributed by atoms with van der Waals surface area (Å²) in [5.41, 5.74) is 3.37. The summed E-state index contributed by atoms with van der Waals surface area (Å²) in [7, 11) is 0. The fourth-order valence-corrected chi connectivity index (χ4v) is 2.50. The number of fused-ring (bicyclic) bond motifs is 1. The lowest BCUT2D eigenvalue weighted by Crippen LogP contribution is -2.38. The molecule has 5 nitrogen and oxygen atoms in total. The molecule has 0 bridgehead atoms. The van der Waals surface area contributed by atoms with E-state index < -0.39 is 0 Å². The second kappa shape index (κ2) is 6.81. The molecule has 0 aliphatic heterocycles. The molecule has 5 heteroatoms. The van der Waals surface area contributed by atoms with Gasteiger partial charge in [0.15, 0.2) is 5.96 Å². The maximum atomic E-state index is 4.70. The van der Waals surface area contributed by atoms with Crippen molar-refractivity contribution in [3.8, 4) is 0 Å². The third kappa shape index (κ3) is 3.78. The van der Waals surface area contributed by atoms with E-state index in [9.17, 15) is 0 Å². The van der Waals surface area contributed by atoms with Gasteiger partial charge in [0.1, 0.15) is 5.65 Å².